The third-order valence-electron chi connectivity index (χ3n) is 5.53. The van der Waals surface area contributed by atoms with Crippen LogP contribution in [0.25, 0.3) is 21.7 Å². The van der Waals surface area contributed by atoms with Gasteiger partial charge in [-0.1, -0.05) is 48.0 Å². The van der Waals surface area contributed by atoms with Crippen molar-refractivity contribution < 1.29 is 18.7 Å². The molecule has 1 aliphatic rings. The van der Waals surface area contributed by atoms with E-state index in [0.29, 0.717) is 48.0 Å². The Labute approximate surface area is 199 Å². The number of carbonyl (C=O) groups is 2. The number of amides is 2. The van der Waals surface area contributed by atoms with Gasteiger partial charge in [-0.3, -0.25) is 9.59 Å². The topological polar surface area (TPSA) is 71.8 Å². The predicted octanol–water partition coefficient (Wildman–Crippen LogP) is 5.44. The van der Waals surface area contributed by atoms with Gasteiger partial charge in [-0.25, -0.2) is 0 Å². The van der Waals surface area contributed by atoms with Crippen LogP contribution < -0.4 is 5.32 Å². The van der Waals surface area contributed by atoms with Crippen molar-refractivity contribution in [2.45, 2.75) is 4.90 Å². The number of furan rings is 1. The maximum atomic E-state index is 13.1. The molecule has 1 aromatic heterocycles. The maximum absolute atomic E-state index is 13.1. The molecule has 0 unspecified atom stereocenters. The summed E-state index contributed by atoms with van der Waals surface area (Å²) >= 11 is 7.81. The lowest BCUT2D eigenvalue weighted by atomic mass is 10.1. The number of carbonyl (C=O) groups excluding carboxylic acids is 2. The van der Waals surface area contributed by atoms with Crippen molar-refractivity contribution in [1.29, 1.82) is 0 Å². The number of thioether (sulfide) groups is 1. The lowest BCUT2D eigenvalue weighted by Gasteiger charge is -2.26. The van der Waals surface area contributed by atoms with Crippen LogP contribution in [0.2, 0.25) is 5.02 Å². The lowest BCUT2D eigenvalue weighted by Crippen LogP contribution is -2.40. The highest BCUT2D eigenvalue weighted by molar-refractivity contribution is 8.00. The highest BCUT2D eigenvalue weighted by Crippen LogP contribution is 2.35. The van der Waals surface area contributed by atoms with Gasteiger partial charge in [-0.05, 0) is 29.7 Å². The Bertz CT molecular complexity index is 1340. The predicted molar refractivity (Wildman–Crippen MR) is 131 cm³/mol. The number of hydrogen-bond acceptors (Lipinski definition) is 5. The number of rotatable bonds is 5. The number of fused-ring (bicyclic) bond motifs is 2. The zero-order valence-corrected chi connectivity index (χ0v) is 19.2. The van der Waals surface area contributed by atoms with Gasteiger partial charge < -0.3 is 19.4 Å². The molecular weight excluding hydrogens is 460 g/mol. The molecule has 8 heteroatoms. The minimum atomic E-state index is -0.252. The lowest BCUT2D eigenvalue weighted by molar-refractivity contribution is -0.113. The molecule has 4 aromatic rings. The second kappa shape index (κ2) is 9.47. The summed E-state index contributed by atoms with van der Waals surface area (Å²) in [6.07, 6.45) is 0. The van der Waals surface area contributed by atoms with Gasteiger partial charge >= 0.3 is 0 Å². The number of para-hydroxylation sites is 1. The second-order valence-corrected chi connectivity index (χ2v) is 9.06. The van der Waals surface area contributed by atoms with Gasteiger partial charge in [-0.15, -0.1) is 11.8 Å². The van der Waals surface area contributed by atoms with Crippen LogP contribution in [0.3, 0.4) is 0 Å². The molecule has 5 rings (SSSR count). The maximum Gasteiger partial charge on any atom is 0.291 e. The molecule has 1 saturated heterocycles. The number of ether oxygens (including phenoxy) is 1. The Morgan fingerprint density at radius 3 is 2.58 bits per heavy atom. The summed E-state index contributed by atoms with van der Waals surface area (Å²) in [6.45, 7) is 1.94. The van der Waals surface area contributed by atoms with Gasteiger partial charge in [0.05, 0.1) is 19.0 Å². The summed E-state index contributed by atoms with van der Waals surface area (Å²) in [6, 6.07) is 18.9. The fourth-order valence-corrected chi connectivity index (χ4v) is 5.18. The van der Waals surface area contributed by atoms with Gasteiger partial charge in [0.2, 0.25) is 11.7 Å². The van der Waals surface area contributed by atoms with Crippen molar-refractivity contribution in [2.75, 3.05) is 37.4 Å². The van der Waals surface area contributed by atoms with Gasteiger partial charge in [0.15, 0.2) is 0 Å². The number of halogens is 1. The van der Waals surface area contributed by atoms with Crippen molar-refractivity contribution in [3.8, 4) is 0 Å². The highest BCUT2D eigenvalue weighted by atomic mass is 35.5. The average Bonchev–Trinajstić information content (AvgIpc) is 3.21. The minimum absolute atomic E-state index is 0.143. The molecular formula is C25H21ClN2O4S. The molecule has 0 atom stereocenters. The van der Waals surface area contributed by atoms with Crippen molar-refractivity contribution >= 4 is 62.6 Å². The van der Waals surface area contributed by atoms with E-state index < -0.39 is 0 Å². The summed E-state index contributed by atoms with van der Waals surface area (Å²) in [5.41, 5.74) is 0.960. The third kappa shape index (κ3) is 4.44. The largest absolute Gasteiger partial charge is 0.449 e. The Kier molecular flexibility index (Phi) is 6.26. The van der Waals surface area contributed by atoms with Crippen LogP contribution in [-0.4, -0.2) is 48.8 Å². The first-order chi connectivity index (χ1) is 16.1. The number of anilines is 1. The van der Waals surface area contributed by atoms with Gasteiger partial charge in [0.1, 0.15) is 11.3 Å². The van der Waals surface area contributed by atoms with Crippen LogP contribution in [0.4, 0.5) is 5.69 Å². The first-order valence-electron chi connectivity index (χ1n) is 10.6. The van der Waals surface area contributed by atoms with Crippen LogP contribution in [-0.2, 0) is 9.53 Å². The third-order valence-corrected chi connectivity index (χ3v) is 6.90. The fraction of sp³-hybridized carbons (Fsp3) is 0.200. The van der Waals surface area contributed by atoms with Gasteiger partial charge in [0.25, 0.3) is 5.91 Å². The molecule has 0 bridgehead atoms. The van der Waals surface area contributed by atoms with Crippen molar-refractivity contribution in [3.63, 3.8) is 0 Å². The number of morpholine rings is 1. The molecule has 1 aliphatic heterocycles. The first-order valence-corrected chi connectivity index (χ1v) is 12.0. The zero-order valence-electron chi connectivity index (χ0n) is 17.7. The quantitative estimate of drug-likeness (QED) is 0.385. The van der Waals surface area contributed by atoms with Crippen LogP contribution in [0.5, 0.6) is 0 Å². The summed E-state index contributed by atoms with van der Waals surface area (Å²) in [7, 11) is 0. The summed E-state index contributed by atoms with van der Waals surface area (Å²) < 4.78 is 11.2. The van der Waals surface area contributed by atoms with Crippen LogP contribution in [0, 0.1) is 0 Å². The van der Waals surface area contributed by atoms with Crippen LogP contribution in [0.15, 0.2) is 70.0 Å². The first kappa shape index (κ1) is 21.8. The molecule has 0 saturated carbocycles. The summed E-state index contributed by atoms with van der Waals surface area (Å²) in [5, 5.41) is 6.21. The molecule has 2 amide bonds. The summed E-state index contributed by atoms with van der Waals surface area (Å²) in [4.78, 5) is 28.7. The number of nitrogens with zero attached hydrogens (tertiary/aromatic N) is 1. The molecule has 0 spiro atoms. The van der Waals surface area contributed by atoms with Gasteiger partial charge in [0, 0.05) is 33.8 Å². The van der Waals surface area contributed by atoms with E-state index in [0.717, 1.165) is 15.7 Å². The Morgan fingerprint density at radius 1 is 1.00 bits per heavy atom. The van der Waals surface area contributed by atoms with E-state index in [1.807, 2.05) is 54.6 Å². The Balaban J connectivity index is 1.39. The van der Waals surface area contributed by atoms with E-state index in [9.17, 15) is 9.59 Å². The van der Waals surface area contributed by atoms with E-state index in [1.165, 1.54) is 11.8 Å². The number of hydrogen-bond donors (Lipinski definition) is 1. The van der Waals surface area contributed by atoms with E-state index in [1.54, 1.807) is 11.0 Å². The Hall–Kier alpha value is -3.00. The van der Waals surface area contributed by atoms with E-state index in [4.69, 9.17) is 20.8 Å². The molecule has 0 aliphatic carbocycles. The van der Waals surface area contributed by atoms with Gasteiger partial charge in [-0.2, -0.15) is 0 Å². The summed E-state index contributed by atoms with van der Waals surface area (Å²) in [5.74, 6) is -0.177. The van der Waals surface area contributed by atoms with E-state index >= 15 is 0 Å². The van der Waals surface area contributed by atoms with Crippen molar-refractivity contribution in [3.05, 3.63) is 71.4 Å². The van der Waals surface area contributed by atoms with E-state index in [2.05, 4.69) is 5.32 Å². The fourth-order valence-electron chi connectivity index (χ4n) is 3.93. The monoisotopic (exact) mass is 480 g/mol. The molecule has 168 valence electrons. The molecule has 1 N–H and O–H groups in total. The average molecular weight is 481 g/mol. The molecule has 6 nitrogen and oxygen atoms in total. The zero-order chi connectivity index (χ0) is 22.8. The second-order valence-electron chi connectivity index (χ2n) is 7.64. The van der Waals surface area contributed by atoms with E-state index in [-0.39, 0.29) is 23.3 Å². The highest BCUT2D eigenvalue weighted by Gasteiger charge is 2.27. The number of benzene rings is 3. The molecule has 2 heterocycles. The molecule has 3 aromatic carbocycles. The smallest absolute Gasteiger partial charge is 0.291 e. The van der Waals surface area contributed by atoms with Crippen LogP contribution >= 0.6 is 23.4 Å². The molecule has 33 heavy (non-hydrogen) atoms. The van der Waals surface area contributed by atoms with Crippen molar-refractivity contribution in [1.82, 2.24) is 4.90 Å². The Morgan fingerprint density at radius 2 is 1.76 bits per heavy atom. The number of nitrogens with one attached hydrogen (secondary N) is 1. The van der Waals surface area contributed by atoms with Crippen molar-refractivity contribution in [2.24, 2.45) is 0 Å². The minimum Gasteiger partial charge on any atom is -0.449 e. The standard InChI is InChI=1S/C25H21ClN2O4S/c26-18-8-3-5-16-6-4-10-20(22(16)18)33-15-21(29)27-23-17-7-1-2-9-19(17)32-24(23)25(30)28-11-13-31-14-12-28/h1-10H,11-15H2,(H,27,29). The molecule has 0 radical (unpaired) electrons. The SMILES string of the molecule is O=C(CSc1cccc2cccc(Cl)c12)Nc1c(C(=O)N2CCOCC2)oc2ccccc12. The molecule has 1 fully saturated rings. The van der Waals surface area contributed by atoms with Crippen LogP contribution in [0.1, 0.15) is 10.6 Å². The normalized spacial score (nSPS) is 14.0.